The van der Waals surface area contributed by atoms with Crippen molar-refractivity contribution in [2.45, 2.75) is 31.9 Å². The lowest BCUT2D eigenvalue weighted by molar-refractivity contribution is 0.494. The quantitative estimate of drug-likeness (QED) is 0.542. The lowest BCUT2D eigenvalue weighted by atomic mass is 10.5. The Kier molecular flexibility index (Phi) is 2.73. The first kappa shape index (κ1) is 7.29. The molecule has 0 aromatic rings. The van der Waals surface area contributed by atoms with E-state index >= 15 is 0 Å². The average Bonchev–Trinajstić information content (AvgIpc) is 1.60. The van der Waals surface area contributed by atoms with Gasteiger partial charge in [-0.2, -0.15) is 4.57 Å². The molecule has 1 heterocycles. The van der Waals surface area contributed by atoms with Gasteiger partial charge in [-0.05, 0) is 6.42 Å². The van der Waals surface area contributed by atoms with Gasteiger partial charge in [0.1, 0.15) is 0 Å². The smallest absolute Gasteiger partial charge is 0.179 e. The third-order valence-electron chi connectivity index (χ3n) is 2.03. The first-order valence-corrected chi connectivity index (χ1v) is 5.76. The van der Waals surface area contributed by atoms with Gasteiger partial charge >= 0.3 is 8.96 Å². The van der Waals surface area contributed by atoms with Crippen molar-refractivity contribution in [2.75, 3.05) is 13.6 Å². The van der Waals surface area contributed by atoms with Crippen molar-refractivity contribution in [3.05, 3.63) is 0 Å². The summed E-state index contributed by atoms with van der Waals surface area (Å²) in [5.41, 5.74) is 0. The van der Waals surface area contributed by atoms with E-state index in [0.29, 0.717) is 0 Å². The van der Waals surface area contributed by atoms with Crippen molar-refractivity contribution < 1.29 is 0 Å². The van der Waals surface area contributed by atoms with Gasteiger partial charge in [-0.1, -0.05) is 6.92 Å². The fourth-order valence-electron chi connectivity index (χ4n) is 1.21. The van der Waals surface area contributed by atoms with Crippen LogP contribution in [0.3, 0.4) is 0 Å². The Morgan fingerprint density at radius 2 is 2.11 bits per heavy atom. The first-order chi connectivity index (χ1) is 4.34. The van der Waals surface area contributed by atoms with Crippen LogP contribution in [0.25, 0.3) is 0 Å². The molecule has 0 N–H and O–H groups in total. The molecular formula is C7H16NSi+. The second-order valence-electron chi connectivity index (χ2n) is 2.84. The predicted molar refractivity (Wildman–Crippen MR) is 42.9 cm³/mol. The third kappa shape index (κ3) is 1.80. The molecule has 1 saturated heterocycles. The third-order valence-corrected chi connectivity index (χ3v) is 5.19. The van der Waals surface area contributed by atoms with E-state index in [2.05, 4.69) is 18.5 Å². The van der Waals surface area contributed by atoms with Crippen molar-refractivity contribution in [2.24, 2.45) is 0 Å². The van der Waals surface area contributed by atoms with Crippen LogP contribution < -0.4 is 0 Å². The summed E-state index contributed by atoms with van der Waals surface area (Å²) in [6.45, 7) is 3.59. The molecular weight excluding hydrogens is 126 g/mol. The van der Waals surface area contributed by atoms with E-state index in [1.54, 1.807) is 12.1 Å². The van der Waals surface area contributed by atoms with Gasteiger partial charge in [-0.25, -0.2) is 0 Å². The molecule has 0 aliphatic carbocycles. The highest BCUT2D eigenvalue weighted by atomic mass is 28.3. The van der Waals surface area contributed by atoms with Crippen LogP contribution in [0.4, 0.5) is 0 Å². The average molecular weight is 142 g/mol. The molecule has 1 aliphatic heterocycles. The second-order valence-corrected chi connectivity index (χ2v) is 5.74. The zero-order valence-electron chi connectivity index (χ0n) is 6.48. The molecule has 1 aliphatic rings. The van der Waals surface area contributed by atoms with Gasteiger partial charge in [-0.3, -0.25) is 0 Å². The minimum atomic E-state index is 0.0446. The minimum Gasteiger partial charge on any atom is -0.179 e. The van der Waals surface area contributed by atoms with Crippen LogP contribution in [0, 0.1) is 0 Å². The molecule has 0 bridgehead atoms. The van der Waals surface area contributed by atoms with Crippen molar-refractivity contribution in [3.8, 4) is 0 Å². The molecule has 0 radical (unpaired) electrons. The number of nitrogens with zero attached hydrogens (tertiary/aromatic N) is 1. The molecule has 1 rings (SSSR count). The molecule has 9 heavy (non-hydrogen) atoms. The molecule has 1 nitrogen and oxygen atoms in total. The van der Waals surface area contributed by atoms with Crippen LogP contribution in [-0.2, 0) is 0 Å². The van der Waals surface area contributed by atoms with Crippen LogP contribution in [0.1, 0.15) is 19.8 Å². The second kappa shape index (κ2) is 3.37. The fourth-order valence-corrected chi connectivity index (χ4v) is 3.18. The van der Waals surface area contributed by atoms with Crippen molar-refractivity contribution in [1.29, 1.82) is 0 Å². The van der Waals surface area contributed by atoms with Crippen LogP contribution in [0.15, 0.2) is 0 Å². The summed E-state index contributed by atoms with van der Waals surface area (Å²) in [5, 5.41) is 0. The topological polar surface area (TPSA) is 3.24 Å². The van der Waals surface area contributed by atoms with Crippen LogP contribution in [0.2, 0.25) is 12.1 Å². The monoisotopic (exact) mass is 142 g/mol. The van der Waals surface area contributed by atoms with Gasteiger partial charge < -0.3 is 0 Å². The zero-order valence-corrected chi connectivity index (χ0v) is 7.48. The molecule has 0 aromatic carbocycles. The highest BCUT2D eigenvalue weighted by molar-refractivity contribution is 6.58. The summed E-state index contributed by atoms with van der Waals surface area (Å²) in [7, 11) is 2.33. The molecule has 0 spiro atoms. The van der Waals surface area contributed by atoms with Crippen LogP contribution in [-0.4, -0.2) is 27.1 Å². The maximum absolute atomic E-state index is 2.59. The first-order valence-electron chi connectivity index (χ1n) is 3.90. The van der Waals surface area contributed by atoms with Gasteiger partial charge in [0.25, 0.3) is 0 Å². The highest BCUT2D eigenvalue weighted by Gasteiger charge is 2.39. The molecule has 0 amide bonds. The Hall–Kier alpha value is 0.177. The molecule has 0 saturated carbocycles. The predicted octanol–water partition coefficient (Wildman–Crippen LogP) is 1.72. The van der Waals surface area contributed by atoms with Crippen molar-refractivity contribution >= 4 is 8.96 Å². The van der Waals surface area contributed by atoms with Crippen molar-refractivity contribution in [1.82, 2.24) is 4.57 Å². The zero-order chi connectivity index (χ0) is 6.69. The van der Waals surface area contributed by atoms with E-state index in [-0.39, 0.29) is 8.96 Å². The Balaban J connectivity index is 2.08. The molecule has 2 heteroatoms. The van der Waals surface area contributed by atoms with E-state index in [1.165, 1.54) is 19.4 Å². The maximum Gasteiger partial charge on any atom is 0.405 e. The maximum atomic E-state index is 2.59. The van der Waals surface area contributed by atoms with Crippen molar-refractivity contribution in [3.63, 3.8) is 0 Å². The Labute approximate surface area is 59.7 Å². The molecule has 0 unspecified atom stereocenters. The molecule has 1 fully saturated rings. The Bertz CT molecular complexity index is 81.0. The lowest BCUT2D eigenvalue weighted by Crippen LogP contribution is -2.41. The van der Waals surface area contributed by atoms with E-state index < -0.39 is 0 Å². The molecule has 0 aromatic heterocycles. The Morgan fingerprint density at radius 1 is 1.44 bits per heavy atom. The van der Waals surface area contributed by atoms with Gasteiger partial charge in [0, 0.05) is 20.0 Å². The SMILES string of the molecule is CCCN(C)[Si+]1CCC1. The summed E-state index contributed by atoms with van der Waals surface area (Å²) in [5.74, 6) is 0. The number of hydrogen-bond acceptors (Lipinski definition) is 1. The van der Waals surface area contributed by atoms with E-state index in [9.17, 15) is 0 Å². The summed E-state index contributed by atoms with van der Waals surface area (Å²) in [6, 6.07) is 3.09. The summed E-state index contributed by atoms with van der Waals surface area (Å²) in [4.78, 5) is 0. The number of hydrogen-bond donors (Lipinski definition) is 0. The highest BCUT2D eigenvalue weighted by Crippen LogP contribution is 2.21. The fraction of sp³-hybridized carbons (Fsp3) is 1.00. The number of rotatable bonds is 3. The Morgan fingerprint density at radius 3 is 2.44 bits per heavy atom. The normalized spacial score (nSPS) is 18.3. The minimum absolute atomic E-state index is 0.0446. The van der Waals surface area contributed by atoms with E-state index in [4.69, 9.17) is 0 Å². The van der Waals surface area contributed by atoms with E-state index in [0.717, 1.165) is 0 Å². The largest absolute Gasteiger partial charge is 0.405 e. The molecule has 0 atom stereocenters. The molecule has 52 valence electrons. The lowest BCUT2D eigenvalue weighted by Gasteiger charge is -2.17. The summed E-state index contributed by atoms with van der Waals surface area (Å²) >= 11 is 0. The van der Waals surface area contributed by atoms with Crippen LogP contribution in [0.5, 0.6) is 0 Å². The van der Waals surface area contributed by atoms with Gasteiger partial charge in [0.2, 0.25) is 0 Å². The van der Waals surface area contributed by atoms with Gasteiger partial charge in [0.15, 0.2) is 0 Å². The van der Waals surface area contributed by atoms with Gasteiger partial charge in [0.05, 0.1) is 12.1 Å². The summed E-state index contributed by atoms with van der Waals surface area (Å²) < 4.78 is 2.59. The van der Waals surface area contributed by atoms with Crippen LogP contribution >= 0.6 is 0 Å². The van der Waals surface area contributed by atoms with E-state index in [1.807, 2.05) is 0 Å². The summed E-state index contributed by atoms with van der Waals surface area (Å²) in [6.07, 6.45) is 2.83. The van der Waals surface area contributed by atoms with Gasteiger partial charge in [-0.15, -0.1) is 0 Å². The standard InChI is InChI=1S/C7H16NSi/c1-3-5-8(2)9-6-4-7-9/h3-7H2,1-2H3/q+1.